The zero-order chi connectivity index (χ0) is 13.9. The van der Waals surface area contributed by atoms with E-state index >= 15 is 0 Å². The molecular weight excluding hydrogens is 289 g/mol. The summed E-state index contributed by atoms with van der Waals surface area (Å²) in [5, 5.41) is 1.46. The summed E-state index contributed by atoms with van der Waals surface area (Å²) in [4.78, 5) is 2.49. The maximum Gasteiger partial charge on any atom is 0.0423 e. The minimum atomic E-state index is 0.537. The lowest BCUT2D eigenvalue weighted by Gasteiger charge is -2.16. The van der Waals surface area contributed by atoms with Crippen LogP contribution in [0.15, 0.2) is 48.5 Å². The van der Waals surface area contributed by atoms with Gasteiger partial charge in [0.2, 0.25) is 0 Å². The number of halogens is 2. The summed E-state index contributed by atoms with van der Waals surface area (Å²) in [5.41, 5.74) is 2.63. The van der Waals surface area contributed by atoms with E-state index < -0.39 is 0 Å². The molecule has 0 aromatic heterocycles. The molecule has 2 aromatic carbocycles. The molecule has 0 N–H and O–H groups in total. The monoisotopic (exact) mass is 305 g/mol. The fraction of sp³-hybridized carbons (Fsp3) is 0.294. The molecule has 1 fully saturated rings. The maximum absolute atomic E-state index is 6.10. The predicted molar refractivity (Wildman–Crippen MR) is 85.5 cm³/mol. The molecule has 1 saturated heterocycles. The summed E-state index contributed by atoms with van der Waals surface area (Å²) < 4.78 is 0. The van der Waals surface area contributed by atoms with Crippen LogP contribution in [0, 0.1) is 0 Å². The van der Waals surface area contributed by atoms with Gasteiger partial charge in [0.15, 0.2) is 0 Å². The Morgan fingerprint density at radius 1 is 1.00 bits per heavy atom. The van der Waals surface area contributed by atoms with Crippen LogP contribution in [0.25, 0.3) is 0 Å². The van der Waals surface area contributed by atoms with Crippen LogP contribution in [0.5, 0.6) is 0 Å². The minimum absolute atomic E-state index is 0.537. The Balaban J connectivity index is 1.67. The van der Waals surface area contributed by atoms with E-state index in [9.17, 15) is 0 Å². The lowest BCUT2D eigenvalue weighted by molar-refractivity contribution is 0.327. The first-order chi connectivity index (χ1) is 9.70. The topological polar surface area (TPSA) is 3.24 Å². The van der Waals surface area contributed by atoms with Crippen molar-refractivity contribution in [1.82, 2.24) is 4.90 Å². The van der Waals surface area contributed by atoms with E-state index in [1.54, 1.807) is 6.07 Å². The van der Waals surface area contributed by atoms with Crippen molar-refractivity contribution in [2.24, 2.45) is 0 Å². The molecule has 0 radical (unpaired) electrons. The number of likely N-dealkylation sites (tertiary alicyclic amines) is 1. The van der Waals surface area contributed by atoms with Crippen LogP contribution in [-0.2, 0) is 6.54 Å². The highest BCUT2D eigenvalue weighted by Crippen LogP contribution is 2.31. The zero-order valence-corrected chi connectivity index (χ0v) is 12.7. The van der Waals surface area contributed by atoms with Crippen molar-refractivity contribution in [2.45, 2.75) is 18.9 Å². The predicted octanol–water partition coefficient (Wildman–Crippen LogP) is 4.98. The third-order valence-electron chi connectivity index (χ3n) is 3.88. The van der Waals surface area contributed by atoms with Gasteiger partial charge in [0.1, 0.15) is 0 Å². The number of hydrogen-bond acceptors (Lipinski definition) is 1. The molecule has 0 amide bonds. The van der Waals surface area contributed by atoms with E-state index in [-0.39, 0.29) is 0 Å². The van der Waals surface area contributed by atoms with Crippen molar-refractivity contribution >= 4 is 23.2 Å². The van der Waals surface area contributed by atoms with Crippen LogP contribution in [0.2, 0.25) is 10.0 Å². The summed E-state index contributed by atoms with van der Waals surface area (Å²) in [6, 6.07) is 16.5. The molecule has 1 unspecified atom stereocenters. The quantitative estimate of drug-likeness (QED) is 0.773. The van der Waals surface area contributed by atoms with Crippen molar-refractivity contribution < 1.29 is 0 Å². The minimum Gasteiger partial charge on any atom is -0.298 e. The lowest BCUT2D eigenvalue weighted by atomic mass is 9.99. The number of benzene rings is 2. The molecule has 0 aliphatic carbocycles. The van der Waals surface area contributed by atoms with Gasteiger partial charge in [0, 0.05) is 23.1 Å². The summed E-state index contributed by atoms with van der Waals surface area (Å²) >= 11 is 12.2. The molecule has 1 aliphatic heterocycles. The van der Waals surface area contributed by atoms with Crippen LogP contribution in [-0.4, -0.2) is 18.0 Å². The standard InChI is InChI=1S/C17H17Cl2N/c18-16-8-15(9-17(19)10-16)14-6-7-20(12-14)11-13-4-2-1-3-5-13/h1-5,8-10,14H,6-7,11-12H2. The van der Waals surface area contributed by atoms with Gasteiger partial charge < -0.3 is 0 Å². The van der Waals surface area contributed by atoms with Gasteiger partial charge in [-0.15, -0.1) is 0 Å². The Labute approximate surface area is 130 Å². The number of nitrogens with zero attached hydrogens (tertiary/aromatic N) is 1. The van der Waals surface area contributed by atoms with Crippen molar-refractivity contribution in [3.8, 4) is 0 Å². The molecule has 1 aliphatic rings. The van der Waals surface area contributed by atoms with Crippen LogP contribution < -0.4 is 0 Å². The summed E-state index contributed by atoms with van der Waals surface area (Å²) in [7, 11) is 0. The fourth-order valence-electron chi connectivity index (χ4n) is 2.90. The van der Waals surface area contributed by atoms with Crippen LogP contribution >= 0.6 is 23.2 Å². The van der Waals surface area contributed by atoms with Gasteiger partial charge in [-0.05, 0) is 48.2 Å². The SMILES string of the molecule is Clc1cc(Cl)cc(C2CCN(Cc3ccccc3)C2)c1. The van der Waals surface area contributed by atoms with Gasteiger partial charge in [-0.25, -0.2) is 0 Å². The first kappa shape index (κ1) is 13.9. The van der Waals surface area contributed by atoms with Crippen LogP contribution in [0.3, 0.4) is 0 Å². The normalized spacial score (nSPS) is 19.4. The molecule has 104 valence electrons. The molecular formula is C17H17Cl2N. The average Bonchev–Trinajstić information content (AvgIpc) is 2.87. The van der Waals surface area contributed by atoms with Crippen molar-refractivity contribution in [3.63, 3.8) is 0 Å². The van der Waals surface area contributed by atoms with Crippen LogP contribution in [0.1, 0.15) is 23.5 Å². The van der Waals surface area contributed by atoms with Gasteiger partial charge in [-0.3, -0.25) is 4.90 Å². The first-order valence-electron chi connectivity index (χ1n) is 6.93. The second kappa shape index (κ2) is 6.17. The highest BCUT2D eigenvalue weighted by Gasteiger charge is 2.24. The van der Waals surface area contributed by atoms with Gasteiger partial charge in [-0.2, -0.15) is 0 Å². The smallest absolute Gasteiger partial charge is 0.0423 e. The summed E-state index contributed by atoms with van der Waals surface area (Å²) in [5.74, 6) is 0.537. The average molecular weight is 306 g/mol. The molecule has 0 bridgehead atoms. The van der Waals surface area contributed by atoms with E-state index in [4.69, 9.17) is 23.2 Å². The van der Waals surface area contributed by atoms with Crippen LogP contribution in [0.4, 0.5) is 0 Å². The second-order valence-electron chi connectivity index (χ2n) is 5.41. The zero-order valence-electron chi connectivity index (χ0n) is 11.2. The Morgan fingerprint density at radius 3 is 2.40 bits per heavy atom. The molecule has 3 heteroatoms. The van der Waals surface area contributed by atoms with Crippen molar-refractivity contribution in [3.05, 3.63) is 69.7 Å². The van der Waals surface area contributed by atoms with Gasteiger partial charge >= 0.3 is 0 Å². The Morgan fingerprint density at radius 2 is 1.70 bits per heavy atom. The maximum atomic E-state index is 6.10. The van der Waals surface area contributed by atoms with E-state index in [2.05, 4.69) is 35.2 Å². The largest absolute Gasteiger partial charge is 0.298 e. The third kappa shape index (κ3) is 3.35. The van der Waals surface area contributed by atoms with E-state index in [0.29, 0.717) is 5.92 Å². The summed E-state index contributed by atoms with van der Waals surface area (Å²) in [6.45, 7) is 3.22. The van der Waals surface area contributed by atoms with Gasteiger partial charge in [-0.1, -0.05) is 53.5 Å². The first-order valence-corrected chi connectivity index (χ1v) is 7.68. The summed E-state index contributed by atoms with van der Waals surface area (Å²) in [6.07, 6.45) is 1.17. The molecule has 0 saturated carbocycles. The molecule has 1 nitrogen and oxygen atoms in total. The molecule has 2 aromatic rings. The molecule has 3 rings (SSSR count). The van der Waals surface area contributed by atoms with Crippen molar-refractivity contribution in [2.75, 3.05) is 13.1 Å². The lowest BCUT2D eigenvalue weighted by Crippen LogP contribution is -2.19. The number of rotatable bonds is 3. The Kier molecular flexibility index (Phi) is 4.30. The molecule has 0 spiro atoms. The fourth-order valence-corrected chi connectivity index (χ4v) is 3.44. The highest BCUT2D eigenvalue weighted by atomic mass is 35.5. The van der Waals surface area contributed by atoms with E-state index in [1.165, 1.54) is 17.5 Å². The van der Waals surface area contributed by atoms with E-state index in [1.807, 2.05) is 12.1 Å². The van der Waals surface area contributed by atoms with Crippen molar-refractivity contribution in [1.29, 1.82) is 0 Å². The Hall–Kier alpha value is -1.02. The molecule has 20 heavy (non-hydrogen) atoms. The number of hydrogen-bond donors (Lipinski definition) is 0. The van der Waals surface area contributed by atoms with Gasteiger partial charge in [0.25, 0.3) is 0 Å². The molecule has 1 atom stereocenters. The van der Waals surface area contributed by atoms with Gasteiger partial charge in [0.05, 0.1) is 0 Å². The second-order valence-corrected chi connectivity index (χ2v) is 6.28. The Bertz CT molecular complexity index is 563. The van der Waals surface area contributed by atoms with E-state index in [0.717, 1.165) is 29.7 Å². The molecule has 1 heterocycles. The third-order valence-corrected chi connectivity index (χ3v) is 4.31. The highest BCUT2D eigenvalue weighted by molar-refractivity contribution is 6.34.